The summed E-state index contributed by atoms with van der Waals surface area (Å²) in [5, 5.41) is 2.73. The van der Waals surface area contributed by atoms with Gasteiger partial charge >= 0.3 is 0 Å². The topological polar surface area (TPSA) is 91.7 Å². The third-order valence-corrected chi connectivity index (χ3v) is 4.26. The molecule has 0 radical (unpaired) electrons. The molecule has 0 fully saturated rings. The lowest BCUT2D eigenvalue weighted by Gasteiger charge is -2.12. The summed E-state index contributed by atoms with van der Waals surface area (Å²) in [5.74, 6) is 1.28. The number of anilines is 1. The average molecular weight is 395 g/mol. The second-order valence-corrected chi connectivity index (χ2v) is 6.05. The molecule has 0 saturated carbocycles. The van der Waals surface area contributed by atoms with Crippen LogP contribution in [0.2, 0.25) is 0 Å². The Kier molecular flexibility index (Phi) is 6.13. The average Bonchev–Trinajstić information content (AvgIpc) is 2.75. The third-order valence-electron chi connectivity index (χ3n) is 4.26. The SMILES string of the molecule is COc1ccc(NC(=O)Cn2cnc(-c3ccccc3OC)cc2=O)c(OC)c1. The molecule has 0 spiro atoms. The molecule has 8 nitrogen and oxygen atoms in total. The van der Waals surface area contributed by atoms with E-state index in [-0.39, 0.29) is 18.0 Å². The van der Waals surface area contributed by atoms with Crippen molar-refractivity contribution in [3.05, 3.63) is 65.2 Å². The van der Waals surface area contributed by atoms with Crippen molar-refractivity contribution in [1.29, 1.82) is 0 Å². The number of hydrogen-bond acceptors (Lipinski definition) is 6. The molecule has 0 aliphatic carbocycles. The van der Waals surface area contributed by atoms with E-state index in [1.54, 1.807) is 38.5 Å². The van der Waals surface area contributed by atoms with Crippen molar-refractivity contribution in [2.24, 2.45) is 0 Å². The zero-order valence-corrected chi connectivity index (χ0v) is 16.3. The molecule has 1 heterocycles. The van der Waals surface area contributed by atoms with E-state index in [9.17, 15) is 9.59 Å². The smallest absolute Gasteiger partial charge is 0.254 e. The highest BCUT2D eigenvalue weighted by Gasteiger charge is 2.12. The van der Waals surface area contributed by atoms with E-state index < -0.39 is 0 Å². The number of rotatable bonds is 7. The van der Waals surface area contributed by atoms with Crippen LogP contribution in [0.5, 0.6) is 17.2 Å². The molecule has 29 heavy (non-hydrogen) atoms. The van der Waals surface area contributed by atoms with E-state index in [1.807, 2.05) is 18.2 Å². The van der Waals surface area contributed by atoms with Gasteiger partial charge in [-0.3, -0.25) is 14.2 Å². The number of nitrogens with zero attached hydrogens (tertiary/aromatic N) is 2. The van der Waals surface area contributed by atoms with E-state index in [2.05, 4.69) is 10.3 Å². The quantitative estimate of drug-likeness (QED) is 0.661. The third kappa shape index (κ3) is 4.55. The van der Waals surface area contributed by atoms with Crippen molar-refractivity contribution in [1.82, 2.24) is 9.55 Å². The molecule has 8 heteroatoms. The Balaban J connectivity index is 1.77. The zero-order valence-electron chi connectivity index (χ0n) is 16.3. The normalized spacial score (nSPS) is 10.3. The summed E-state index contributed by atoms with van der Waals surface area (Å²) < 4.78 is 16.9. The van der Waals surface area contributed by atoms with Crippen molar-refractivity contribution in [2.75, 3.05) is 26.6 Å². The molecular formula is C21H21N3O5. The summed E-state index contributed by atoms with van der Waals surface area (Å²) in [6.07, 6.45) is 1.34. The number of carbonyl (C=O) groups excluding carboxylic acids is 1. The second kappa shape index (κ2) is 8.92. The highest BCUT2D eigenvalue weighted by atomic mass is 16.5. The number of carbonyl (C=O) groups is 1. The molecule has 0 aliphatic heterocycles. The molecule has 150 valence electrons. The molecule has 0 aliphatic rings. The number of methoxy groups -OCH3 is 3. The molecule has 0 saturated heterocycles. The highest BCUT2D eigenvalue weighted by Crippen LogP contribution is 2.29. The first-order valence-electron chi connectivity index (χ1n) is 8.77. The van der Waals surface area contributed by atoms with E-state index in [4.69, 9.17) is 14.2 Å². The predicted octanol–water partition coefficient (Wildman–Crippen LogP) is 2.57. The van der Waals surface area contributed by atoms with Crippen LogP contribution in [0.15, 0.2) is 59.7 Å². The summed E-state index contributed by atoms with van der Waals surface area (Å²) in [6.45, 7) is -0.187. The summed E-state index contributed by atoms with van der Waals surface area (Å²) in [6, 6.07) is 13.7. The first kappa shape index (κ1) is 19.9. The Bertz CT molecular complexity index is 1080. The molecule has 3 aromatic rings. The number of ether oxygens (including phenoxy) is 3. The lowest BCUT2D eigenvalue weighted by Crippen LogP contribution is -2.27. The fraction of sp³-hybridized carbons (Fsp3) is 0.190. The Morgan fingerprint density at radius 1 is 1.00 bits per heavy atom. The number of nitrogens with one attached hydrogen (secondary N) is 1. The summed E-state index contributed by atoms with van der Waals surface area (Å²) in [4.78, 5) is 29.2. The molecule has 1 N–H and O–H groups in total. The monoisotopic (exact) mass is 395 g/mol. The van der Waals surface area contributed by atoms with Crippen LogP contribution < -0.4 is 25.1 Å². The minimum Gasteiger partial charge on any atom is -0.497 e. The van der Waals surface area contributed by atoms with Gasteiger partial charge in [0.2, 0.25) is 5.91 Å². The molecule has 1 aromatic heterocycles. The standard InChI is InChI=1S/C21H21N3O5/c1-27-14-8-9-16(19(10-14)29-3)23-20(25)12-24-13-22-17(11-21(24)26)15-6-4-5-7-18(15)28-2/h4-11,13H,12H2,1-3H3,(H,23,25). The molecular weight excluding hydrogens is 374 g/mol. The van der Waals surface area contributed by atoms with Gasteiger partial charge in [0, 0.05) is 17.7 Å². The molecule has 2 aromatic carbocycles. The fourth-order valence-electron chi connectivity index (χ4n) is 2.79. The minimum absolute atomic E-state index is 0.187. The number of aromatic nitrogens is 2. The molecule has 0 unspecified atom stereocenters. The lowest BCUT2D eigenvalue weighted by atomic mass is 10.1. The van der Waals surface area contributed by atoms with Crippen molar-refractivity contribution in [3.63, 3.8) is 0 Å². The van der Waals surface area contributed by atoms with Gasteiger partial charge in [-0.05, 0) is 24.3 Å². The van der Waals surface area contributed by atoms with Gasteiger partial charge in [-0.2, -0.15) is 0 Å². The number of para-hydroxylation sites is 1. The maximum atomic E-state index is 12.5. The molecule has 1 amide bonds. The summed E-state index contributed by atoms with van der Waals surface area (Å²) in [5.41, 5.74) is 1.30. The predicted molar refractivity (Wildman–Crippen MR) is 109 cm³/mol. The Morgan fingerprint density at radius 2 is 1.76 bits per heavy atom. The maximum Gasteiger partial charge on any atom is 0.254 e. The van der Waals surface area contributed by atoms with Crippen molar-refractivity contribution in [3.8, 4) is 28.5 Å². The van der Waals surface area contributed by atoms with E-state index in [0.29, 0.717) is 34.2 Å². The van der Waals surface area contributed by atoms with Gasteiger partial charge in [0.25, 0.3) is 5.56 Å². The van der Waals surface area contributed by atoms with Gasteiger partial charge in [0.15, 0.2) is 0 Å². The van der Waals surface area contributed by atoms with Gasteiger partial charge in [-0.15, -0.1) is 0 Å². The summed E-state index contributed by atoms with van der Waals surface area (Å²) in [7, 11) is 4.59. The van der Waals surface area contributed by atoms with Crippen LogP contribution in [0, 0.1) is 0 Å². The Hall–Kier alpha value is -3.81. The second-order valence-electron chi connectivity index (χ2n) is 6.05. The Morgan fingerprint density at radius 3 is 2.45 bits per heavy atom. The number of benzene rings is 2. The molecule has 0 atom stereocenters. The van der Waals surface area contributed by atoms with E-state index in [0.717, 1.165) is 0 Å². The lowest BCUT2D eigenvalue weighted by molar-refractivity contribution is -0.116. The minimum atomic E-state index is -0.387. The van der Waals surface area contributed by atoms with Gasteiger partial charge in [0.1, 0.15) is 23.8 Å². The van der Waals surface area contributed by atoms with Crippen LogP contribution in [0.25, 0.3) is 11.3 Å². The van der Waals surface area contributed by atoms with Gasteiger partial charge in [0.05, 0.1) is 39.0 Å². The van der Waals surface area contributed by atoms with E-state index in [1.165, 1.54) is 24.1 Å². The first-order chi connectivity index (χ1) is 14.0. The van der Waals surface area contributed by atoms with Crippen molar-refractivity contribution in [2.45, 2.75) is 6.54 Å². The van der Waals surface area contributed by atoms with Gasteiger partial charge in [-0.25, -0.2) is 4.98 Å². The Labute approximate surface area is 167 Å². The van der Waals surface area contributed by atoms with Crippen LogP contribution in [0.1, 0.15) is 0 Å². The van der Waals surface area contributed by atoms with Crippen LogP contribution in [0.4, 0.5) is 5.69 Å². The van der Waals surface area contributed by atoms with Crippen LogP contribution >= 0.6 is 0 Å². The highest BCUT2D eigenvalue weighted by molar-refractivity contribution is 5.92. The maximum absolute atomic E-state index is 12.5. The van der Waals surface area contributed by atoms with Crippen LogP contribution in [-0.4, -0.2) is 36.8 Å². The summed E-state index contributed by atoms with van der Waals surface area (Å²) >= 11 is 0. The van der Waals surface area contributed by atoms with Crippen molar-refractivity contribution >= 4 is 11.6 Å². The van der Waals surface area contributed by atoms with Crippen LogP contribution in [0.3, 0.4) is 0 Å². The fourth-order valence-corrected chi connectivity index (χ4v) is 2.79. The largest absolute Gasteiger partial charge is 0.497 e. The van der Waals surface area contributed by atoms with Gasteiger partial charge < -0.3 is 19.5 Å². The number of hydrogen-bond donors (Lipinski definition) is 1. The zero-order chi connectivity index (χ0) is 20.8. The molecule has 0 bridgehead atoms. The van der Waals surface area contributed by atoms with E-state index >= 15 is 0 Å². The van der Waals surface area contributed by atoms with Gasteiger partial charge in [-0.1, -0.05) is 12.1 Å². The first-order valence-corrected chi connectivity index (χ1v) is 8.77. The van der Waals surface area contributed by atoms with Crippen LogP contribution in [-0.2, 0) is 11.3 Å². The molecule has 3 rings (SSSR count). The number of amides is 1. The van der Waals surface area contributed by atoms with Crippen molar-refractivity contribution < 1.29 is 19.0 Å².